The van der Waals surface area contributed by atoms with Crippen molar-refractivity contribution in [3.8, 4) is 0 Å². The van der Waals surface area contributed by atoms with Gasteiger partial charge in [0.1, 0.15) is 0 Å². The summed E-state index contributed by atoms with van der Waals surface area (Å²) in [6.07, 6.45) is 9.49. The van der Waals surface area contributed by atoms with Gasteiger partial charge in [-0.3, -0.25) is 0 Å². The van der Waals surface area contributed by atoms with Crippen LogP contribution in [0.25, 0.3) is 0 Å². The first kappa shape index (κ1) is 16.0. The lowest BCUT2D eigenvalue weighted by Crippen LogP contribution is -2.29. The lowest BCUT2D eigenvalue weighted by Gasteiger charge is -2.27. The second-order valence-electron chi connectivity index (χ2n) is 5.82. The Balaban J connectivity index is 3.77. The number of hydrogen-bond donors (Lipinski definition) is 1. The van der Waals surface area contributed by atoms with E-state index in [1.54, 1.807) is 0 Å². The van der Waals surface area contributed by atoms with E-state index in [-0.39, 0.29) is 0 Å². The number of rotatable bonds is 10. The molecule has 1 unspecified atom stereocenters. The predicted octanol–water partition coefficient (Wildman–Crippen LogP) is 4.76. The molecule has 0 saturated carbocycles. The molecular formula is C15H33N. The van der Waals surface area contributed by atoms with Crippen LogP contribution < -0.4 is 5.32 Å². The van der Waals surface area contributed by atoms with Gasteiger partial charge in [0.05, 0.1) is 0 Å². The monoisotopic (exact) mass is 227 g/mol. The smallest absolute Gasteiger partial charge is 0.00645 e. The molecule has 0 heterocycles. The molecule has 98 valence electrons. The third kappa shape index (κ3) is 8.15. The molecule has 1 heteroatoms. The summed E-state index contributed by atoms with van der Waals surface area (Å²) in [5.41, 5.74) is 0.540. The number of unbranched alkanes of at least 4 members (excludes halogenated alkanes) is 2. The highest BCUT2D eigenvalue weighted by Gasteiger charge is 2.18. The Morgan fingerprint density at radius 1 is 1.00 bits per heavy atom. The van der Waals surface area contributed by atoms with Crippen molar-refractivity contribution in [2.45, 2.75) is 85.6 Å². The number of nitrogens with one attached hydrogen (secondary N) is 1. The fourth-order valence-corrected chi connectivity index (χ4v) is 2.28. The first-order valence-corrected chi connectivity index (χ1v) is 7.29. The molecule has 0 spiro atoms. The Morgan fingerprint density at radius 3 is 2.19 bits per heavy atom. The lowest BCUT2D eigenvalue weighted by molar-refractivity contribution is 0.268. The van der Waals surface area contributed by atoms with E-state index in [2.05, 4.69) is 39.9 Å². The van der Waals surface area contributed by atoms with Crippen LogP contribution >= 0.6 is 0 Å². The van der Waals surface area contributed by atoms with Crippen molar-refractivity contribution in [3.63, 3.8) is 0 Å². The van der Waals surface area contributed by atoms with Crippen LogP contribution in [0.1, 0.15) is 79.6 Å². The lowest BCUT2D eigenvalue weighted by atomic mass is 9.81. The quantitative estimate of drug-likeness (QED) is 0.531. The molecule has 0 aromatic rings. The van der Waals surface area contributed by atoms with Gasteiger partial charge in [0.2, 0.25) is 0 Å². The molecular weight excluding hydrogens is 194 g/mol. The highest BCUT2D eigenvalue weighted by atomic mass is 14.9. The Bertz CT molecular complexity index is 152. The standard InChI is InChI=1S/C15H33N/c1-6-9-10-12-15(4,5)13-11-14(7-2)16-8-3/h14,16H,6-13H2,1-5H3. The SMILES string of the molecule is CCCCCC(C)(C)CCC(CC)NCC. The topological polar surface area (TPSA) is 12.0 Å². The van der Waals surface area contributed by atoms with E-state index in [0.717, 1.165) is 12.6 Å². The van der Waals surface area contributed by atoms with Gasteiger partial charge in [0.15, 0.2) is 0 Å². The Kier molecular flexibility index (Phi) is 9.02. The van der Waals surface area contributed by atoms with Crippen LogP contribution in [0, 0.1) is 5.41 Å². The van der Waals surface area contributed by atoms with Gasteiger partial charge in [-0.2, -0.15) is 0 Å². The minimum atomic E-state index is 0.540. The van der Waals surface area contributed by atoms with E-state index in [4.69, 9.17) is 0 Å². The van der Waals surface area contributed by atoms with Gasteiger partial charge in [-0.15, -0.1) is 0 Å². The Hall–Kier alpha value is -0.0400. The van der Waals surface area contributed by atoms with Crippen LogP contribution in [0.3, 0.4) is 0 Å². The average Bonchev–Trinajstić information content (AvgIpc) is 2.24. The zero-order valence-corrected chi connectivity index (χ0v) is 12.2. The molecule has 0 aliphatic rings. The molecule has 0 aromatic carbocycles. The van der Waals surface area contributed by atoms with E-state index < -0.39 is 0 Å². The minimum Gasteiger partial charge on any atom is -0.314 e. The second kappa shape index (κ2) is 9.04. The minimum absolute atomic E-state index is 0.540. The summed E-state index contributed by atoms with van der Waals surface area (Å²) in [4.78, 5) is 0. The van der Waals surface area contributed by atoms with Crippen LogP contribution in [0.2, 0.25) is 0 Å². The fraction of sp³-hybridized carbons (Fsp3) is 1.00. The van der Waals surface area contributed by atoms with Gasteiger partial charge in [-0.25, -0.2) is 0 Å². The summed E-state index contributed by atoms with van der Waals surface area (Å²) >= 11 is 0. The normalized spacial score (nSPS) is 14.1. The molecule has 0 amide bonds. The van der Waals surface area contributed by atoms with Gasteiger partial charge in [0.25, 0.3) is 0 Å². The van der Waals surface area contributed by atoms with Crippen molar-refractivity contribution in [1.29, 1.82) is 0 Å². The van der Waals surface area contributed by atoms with Gasteiger partial charge in [0, 0.05) is 6.04 Å². The maximum atomic E-state index is 3.57. The van der Waals surface area contributed by atoms with Crippen molar-refractivity contribution < 1.29 is 0 Å². The summed E-state index contributed by atoms with van der Waals surface area (Å²) in [5.74, 6) is 0. The third-order valence-corrected chi connectivity index (χ3v) is 3.61. The molecule has 0 aliphatic heterocycles. The Labute approximate surface area is 103 Å². The molecule has 0 bridgehead atoms. The maximum Gasteiger partial charge on any atom is 0.00645 e. The summed E-state index contributed by atoms with van der Waals surface area (Å²) in [7, 11) is 0. The molecule has 0 aromatic heterocycles. The van der Waals surface area contributed by atoms with E-state index in [1.165, 1.54) is 44.9 Å². The van der Waals surface area contributed by atoms with Crippen molar-refractivity contribution in [3.05, 3.63) is 0 Å². The molecule has 1 nitrogen and oxygen atoms in total. The first-order valence-electron chi connectivity index (χ1n) is 7.29. The Morgan fingerprint density at radius 2 is 1.69 bits per heavy atom. The van der Waals surface area contributed by atoms with Crippen molar-refractivity contribution >= 4 is 0 Å². The zero-order chi connectivity index (χ0) is 12.4. The van der Waals surface area contributed by atoms with Crippen LogP contribution in [-0.2, 0) is 0 Å². The molecule has 0 fully saturated rings. The maximum absolute atomic E-state index is 3.57. The molecule has 0 radical (unpaired) electrons. The zero-order valence-electron chi connectivity index (χ0n) is 12.2. The van der Waals surface area contributed by atoms with Crippen LogP contribution in [0.15, 0.2) is 0 Å². The van der Waals surface area contributed by atoms with Gasteiger partial charge in [-0.1, -0.05) is 53.9 Å². The summed E-state index contributed by atoms with van der Waals surface area (Å²) in [5, 5.41) is 3.57. The first-order chi connectivity index (χ1) is 7.55. The molecule has 1 N–H and O–H groups in total. The summed E-state index contributed by atoms with van der Waals surface area (Å²) in [6, 6.07) is 0.732. The molecule has 0 saturated heterocycles. The van der Waals surface area contributed by atoms with Crippen molar-refractivity contribution in [1.82, 2.24) is 5.32 Å². The summed E-state index contributed by atoms with van der Waals surface area (Å²) < 4.78 is 0. The van der Waals surface area contributed by atoms with Crippen LogP contribution in [0.4, 0.5) is 0 Å². The van der Waals surface area contributed by atoms with E-state index in [0.29, 0.717) is 5.41 Å². The van der Waals surface area contributed by atoms with Gasteiger partial charge in [-0.05, 0) is 37.6 Å². The molecule has 0 rings (SSSR count). The van der Waals surface area contributed by atoms with Gasteiger partial charge < -0.3 is 5.32 Å². The van der Waals surface area contributed by atoms with E-state index in [9.17, 15) is 0 Å². The second-order valence-corrected chi connectivity index (χ2v) is 5.82. The van der Waals surface area contributed by atoms with E-state index in [1.807, 2.05) is 0 Å². The summed E-state index contributed by atoms with van der Waals surface area (Å²) in [6.45, 7) is 12.7. The molecule has 0 aliphatic carbocycles. The average molecular weight is 227 g/mol. The molecule has 16 heavy (non-hydrogen) atoms. The molecule has 1 atom stereocenters. The van der Waals surface area contributed by atoms with Gasteiger partial charge >= 0.3 is 0 Å². The van der Waals surface area contributed by atoms with E-state index >= 15 is 0 Å². The predicted molar refractivity (Wildman–Crippen MR) is 74.9 cm³/mol. The van der Waals surface area contributed by atoms with Crippen LogP contribution in [0.5, 0.6) is 0 Å². The van der Waals surface area contributed by atoms with Crippen molar-refractivity contribution in [2.75, 3.05) is 6.54 Å². The fourth-order valence-electron chi connectivity index (χ4n) is 2.28. The highest BCUT2D eigenvalue weighted by Crippen LogP contribution is 2.30. The third-order valence-electron chi connectivity index (χ3n) is 3.61. The largest absolute Gasteiger partial charge is 0.314 e. The van der Waals surface area contributed by atoms with Crippen LogP contribution in [-0.4, -0.2) is 12.6 Å². The number of hydrogen-bond acceptors (Lipinski definition) is 1. The van der Waals surface area contributed by atoms with Crippen molar-refractivity contribution in [2.24, 2.45) is 5.41 Å². The highest BCUT2D eigenvalue weighted by molar-refractivity contribution is 4.73.